The first-order valence-electron chi connectivity index (χ1n) is 5.20. The number of halogens is 1. The second-order valence-electron chi connectivity index (χ2n) is 4.01. The zero-order valence-corrected chi connectivity index (χ0v) is 10.1. The first-order valence-corrected chi connectivity index (χ1v) is 5.57. The highest BCUT2D eigenvalue weighted by atomic mass is 35.5. The summed E-state index contributed by atoms with van der Waals surface area (Å²) in [6.07, 6.45) is 0. The Kier molecular flexibility index (Phi) is 2.88. The largest absolute Gasteiger partial charge is 0.384 e. The smallest absolute Gasteiger partial charge is 0.127 e. The van der Waals surface area contributed by atoms with Gasteiger partial charge in [0, 0.05) is 6.07 Å². The van der Waals surface area contributed by atoms with E-state index in [0.29, 0.717) is 16.8 Å². The van der Waals surface area contributed by atoms with Gasteiger partial charge in [-0.05, 0) is 18.1 Å². The number of hydrogen-bond acceptors (Lipinski definition) is 2. The molecule has 0 spiro atoms. The molecular weight excluding hydrogens is 222 g/mol. The lowest BCUT2D eigenvalue weighted by Gasteiger charge is -2.05. The summed E-state index contributed by atoms with van der Waals surface area (Å²) in [5.41, 5.74) is 7.71. The van der Waals surface area contributed by atoms with Gasteiger partial charge < -0.3 is 5.73 Å². The van der Waals surface area contributed by atoms with Crippen molar-refractivity contribution in [1.29, 1.82) is 0 Å². The molecule has 0 saturated carbocycles. The van der Waals surface area contributed by atoms with Crippen LogP contribution in [0.25, 0.3) is 5.69 Å². The topological polar surface area (TPSA) is 43.8 Å². The van der Waals surface area contributed by atoms with E-state index in [-0.39, 0.29) is 0 Å². The van der Waals surface area contributed by atoms with E-state index in [9.17, 15) is 0 Å². The highest BCUT2D eigenvalue weighted by Crippen LogP contribution is 2.24. The predicted octanol–water partition coefficient (Wildman–Crippen LogP) is 3.23. The van der Waals surface area contributed by atoms with Crippen molar-refractivity contribution >= 4 is 17.4 Å². The maximum absolute atomic E-state index is 6.10. The summed E-state index contributed by atoms with van der Waals surface area (Å²) in [4.78, 5) is 0. The van der Waals surface area contributed by atoms with Crippen molar-refractivity contribution in [2.45, 2.75) is 19.8 Å². The van der Waals surface area contributed by atoms with Gasteiger partial charge in [0.15, 0.2) is 0 Å². The van der Waals surface area contributed by atoms with Gasteiger partial charge in [-0.3, -0.25) is 0 Å². The number of aromatic nitrogens is 2. The molecule has 0 unspecified atom stereocenters. The molecule has 3 nitrogen and oxygen atoms in total. The highest BCUT2D eigenvalue weighted by molar-refractivity contribution is 6.32. The maximum Gasteiger partial charge on any atom is 0.127 e. The van der Waals surface area contributed by atoms with Gasteiger partial charge in [-0.1, -0.05) is 37.6 Å². The molecule has 2 aromatic rings. The molecule has 84 valence electrons. The molecular formula is C12H14ClN3. The van der Waals surface area contributed by atoms with Crippen LogP contribution in [-0.2, 0) is 0 Å². The van der Waals surface area contributed by atoms with Gasteiger partial charge in [-0.2, -0.15) is 5.10 Å². The Morgan fingerprint density at radius 3 is 2.56 bits per heavy atom. The molecule has 0 atom stereocenters. The summed E-state index contributed by atoms with van der Waals surface area (Å²) in [7, 11) is 0. The molecule has 2 N–H and O–H groups in total. The van der Waals surface area contributed by atoms with Gasteiger partial charge in [-0.25, -0.2) is 4.68 Å². The van der Waals surface area contributed by atoms with E-state index in [1.54, 1.807) is 4.68 Å². The van der Waals surface area contributed by atoms with Crippen molar-refractivity contribution < 1.29 is 0 Å². The number of nitrogens with zero attached hydrogens (tertiary/aromatic N) is 2. The molecule has 1 heterocycles. The summed E-state index contributed by atoms with van der Waals surface area (Å²) < 4.78 is 1.68. The molecule has 2 rings (SSSR count). The summed E-state index contributed by atoms with van der Waals surface area (Å²) >= 11 is 6.10. The third-order valence-corrected chi connectivity index (χ3v) is 2.75. The number of nitrogen functional groups attached to an aromatic ring is 1. The zero-order chi connectivity index (χ0) is 11.7. The minimum absolute atomic E-state index is 0.353. The van der Waals surface area contributed by atoms with Gasteiger partial charge in [0.25, 0.3) is 0 Å². The molecule has 4 heteroatoms. The van der Waals surface area contributed by atoms with Crippen LogP contribution in [0.4, 0.5) is 5.82 Å². The van der Waals surface area contributed by atoms with Gasteiger partial charge in [0.05, 0.1) is 16.4 Å². The standard InChI is InChI=1S/C12H14ClN3/c1-8(2)10-7-12(14)16(15-10)11-6-4-3-5-9(11)13/h3-8H,14H2,1-2H3. The molecule has 1 aromatic heterocycles. The van der Waals surface area contributed by atoms with Gasteiger partial charge in [-0.15, -0.1) is 0 Å². The third-order valence-electron chi connectivity index (χ3n) is 2.43. The molecule has 0 bridgehead atoms. The molecule has 0 aliphatic rings. The Bertz CT molecular complexity index is 503. The Hall–Kier alpha value is -1.48. The van der Waals surface area contributed by atoms with Crippen LogP contribution in [-0.4, -0.2) is 9.78 Å². The summed E-state index contributed by atoms with van der Waals surface area (Å²) in [5, 5.41) is 5.09. The first-order chi connectivity index (χ1) is 7.59. The van der Waals surface area contributed by atoms with Crippen LogP contribution in [0.1, 0.15) is 25.5 Å². The van der Waals surface area contributed by atoms with Crippen molar-refractivity contribution in [2.75, 3.05) is 5.73 Å². The Morgan fingerprint density at radius 2 is 2.00 bits per heavy atom. The lowest BCUT2D eigenvalue weighted by molar-refractivity contribution is 0.771. The normalized spacial score (nSPS) is 11.0. The number of hydrogen-bond donors (Lipinski definition) is 1. The van der Waals surface area contributed by atoms with Crippen molar-refractivity contribution in [3.05, 3.63) is 41.0 Å². The Balaban J connectivity index is 2.52. The fourth-order valence-electron chi connectivity index (χ4n) is 1.51. The van der Waals surface area contributed by atoms with Crippen molar-refractivity contribution in [3.8, 4) is 5.69 Å². The number of para-hydroxylation sites is 1. The van der Waals surface area contributed by atoms with Gasteiger partial charge in [0.2, 0.25) is 0 Å². The molecule has 0 aliphatic heterocycles. The Morgan fingerprint density at radius 1 is 1.31 bits per heavy atom. The van der Waals surface area contributed by atoms with E-state index in [1.165, 1.54) is 0 Å². The molecule has 0 fully saturated rings. The lowest BCUT2D eigenvalue weighted by atomic mass is 10.1. The summed E-state index contributed by atoms with van der Waals surface area (Å²) in [5.74, 6) is 0.961. The van der Waals surface area contributed by atoms with E-state index < -0.39 is 0 Å². The van der Waals surface area contributed by atoms with Crippen molar-refractivity contribution in [1.82, 2.24) is 9.78 Å². The monoisotopic (exact) mass is 235 g/mol. The van der Waals surface area contributed by atoms with Crippen LogP contribution >= 0.6 is 11.6 Å². The van der Waals surface area contributed by atoms with Crippen LogP contribution < -0.4 is 5.73 Å². The SMILES string of the molecule is CC(C)c1cc(N)n(-c2ccccc2Cl)n1. The molecule has 0 aliphatic carbocycles. The van der Waals surface area contributed by atoms with E-state index in [1.807, 2.05) is 30.3 Å². The predicted molar refractivity (Wildman–Crippen MR) is 67.1 cm³/mol. The van der Waals surface area contributed by atoms with Crippen molar-refractivity contribution in [3.63, 3.8) is 0 Å². The molecule has 0 radical (unpaired) electrons. The average Bonchev–Trinajstić information content (AvgIpc) is 2.61. The average molecular weight is 236 g/mol. The fraction of sp³-hybridized carbons (Fsp3) is 0.250. The Labute approximate surface area is 99.8 Å². The van der Waals surface area contributed by atoms with E-state index in [4.69, 9.17) is 17.3 Å². The summed E-state index contributed by atoms with van der Waals surface area (Å²) in [6.45, 7) is 4.16. The second kappa shape index (κ2) is 4.18. The second-order valence-corrected chi connectivity index (χ2v) is 4.42. The maximum atomic E-state index is 6.10. The summed E-state index contributed by atoms with van der Waals surface area (Å²) in [6, 6.07) is 9.41. The number of benzene rings is 1. The number of nitrogens with two attached hydrogens (primary N) is 1. The molecule has 16 heavy (non-hydrogen) atoms. The molecule has 0 saturated heterocycles. The third kappa shape index (κ3) is 1.91. The highest BCUT2D eigenvalue weighted by Gasteiger charge is 2.11. The van der Waals surface area contributed by atoms with E-state index in [0.717, 1.165) is 11.4 Å². The first kappa shape index (κ1) is 11.0. The van der Waals surface area contributed by atoms with Crippen LogP contribution in [0, 0.1) is 0 Å². The van der Waals surface area contributed by atoms with Crippen LogP contribution in [0.2, 0.25) is 5.02 Å². The molecule has 1 aromatic carbocycles. The lowest BCUT2D eigenvalue weighted by Crippen LogP contribution is -2.02. The zero-order valence-electron chi connectivity index (χ0n) is 9.31. The minimum atomic E-state index is 0.353. The van der Waals surface area contributed by atoms with E-state index in [2.05, 4.69) is 18.9 Å². The quantitative estimate of drug-likeness (QED) is 0.869. The van der Waals surface area contributed by atoms with Crippen LogP contribution in [0.3, 0.4) is 0 Å². The van der Waals surface area contributed by atoms with Gasteiger partial charge >= 0.3 is 0 Å². The van der Waals surface area contributed by atoms with E-state index >= 15 is 0 Å². The van der Waals surface area contributed by atoms with Crippen LogP contribution in [0.15, 0.2) is 30.3 Å². The minimum Gasteiger partial charge on any atom is -0.384 e. The van der Waals surface area contributed by atoms with Crippen LogP contribution in [0.5, 0.6) is 0 Å². The van der Waals surface area contributed by atoms with Gasteiger partial charge in [0.1, 0.15) is 5.82 Å². The number of rotatable bonds is 2. The van der Waals surface area contributed by atoms with Crippen molar-refractivity contribution in [2.24, 2.45) is 0 Å². The fourth-order valence-corrected chi connectivity index (χ4v) is 1.73. The number of anilines is 1. The molecule has 0 amide bonds.